The highest BCUT2D eigenvalue weighted by Gasteiger charge is 2.20. The van der Waals surface area contributed by atoms with Crippen LogP contribution in [0.1, 0.15) is 10.4 Å². The second-order valence-corrected chi connectivity index (χ2v) is 3.38. The summed E-state index contributed by atoms with van der Waals surface area (Å²) in [6, 6.07) is 1.17. The van der Waals surface area contributed by atoms with Gasteiger partial charge in [0.15, 0.2) is 0 Å². The van der Waals surface area contributed by atoms with Gasteiger partial charge >= 0.3 is 29.0 Å². The van der Waals surface area contributed by atoms with Gasteiger partial charge in [0.25, 0.3) is 0 Å². The summed E-state index contributed by atoms with van der Waals surface area (Å²) in [5, 5.41) is 17.5. The van der Waals surface area contributed by atoms with Crippen molar-refractivity contribution >= 4 is 63.8 Å². The van der Waals surface area contributed by atoms with Crippen LogP contribution in [-0.2, 0) is 0 Å². The number of carboxylic acids is 1. The lowest BCUT2D eigenvalue weighted by Crippen LogP contribution is -1.98. The number of aromatic carboxylic acids is 1. The molecule has 7 heteroatoms. The average Bonchev–Trinajstić information content (AvgIpc) is 2.01. The molecule has 0 aliphatic heterocycles. The van der Waals surface area contributed by atoms with Gasteiger partial charge in [-0.25, -0.2) is 4.79 Å². The second-order valence-electron chi connectivity index (χ2n) is 2.18. The minimum atomic E-state index is -1.38. The Kier molecular flexibility index (Phi) is 5.32. The topological polar surface area (TPSA) is 57.5 Å². The zero-order valence-electron chi connectivity index (χ0n) is 6.01. The van der Waals surface area contributed by atoms with Crippen molar-refractivity contribution in [3.8, 4) is 5.75 Å². The number of hydrogen-bond donors (Lipinski definition) is 2. The maximum atomic E-state index is 10.6. The summed E-state index contributed by atoms with van der Waals surface area (Å²) in [5.41, 5.74) is -0.487. The molecule has 1 aromatic carbocycles. The van der Waals surface area contributed by atoms with Gasteiger partial charge in [-0.2, -0.15) is 0 Å². The average molecular weight is 268 g/mol. The number of carboxylic acid groups (broad SMARTS) is 1. The van der Waals surface area contributed by atoms with Crippen LogP contribution in [-0.4, -0.2) is 39.2 Å². The summed E-state index contributed by atoms with van der Waals surface area (Å²) >= 11 is 16.6. The van der Waals surface area contributed by atoms with Crippen molar-refractivity contribution in [2.75, 3.05) is 0 Å². The van der Waals surface area contributed by atoms with Crippen LogP contribution in [0.3, 0.4) is 0 Å². The van der Waals surface area contributed by atoms with E-state index in [-0.39, 0.29) is 38.1 Å². The summed E-state index contributed by atoms with van der Waals surface area (Å²) in [6.45, 7) is 0. The number of rotatable bonds is 1. The Morgan fingerprint density at radius 3 is 2.14 bits per heavy atom. The van der Waals surface area contributed by atoms with E-state index in [1.807, 2.05) is 0 Å². The molecular formula is C7H5Cl3MgO3. The van der Waals surface area contributed by atoms with Gasteiger partial charge in [0, 0.05) is 0 Å². The van der Waals surface area contributed by atoms with Crippen molar-refractivity contribution in [2.24, 2.45) is 0 Å². The Bertz CT molecular complexity index is 355. The van der Waals surface area contributed by atoms with E-state index >= 15 is 0 Å². The molecule has 0 saturated carbocycles. The van der Waals surface area contributed by atoms with Gasteiger partial charge in [0.05, 0.1) is 15.1 Å². The fourth-order valence-corrected chi connectivity index (χ4v) is 1.47. The van der Waals surface area contributed by atoms with Crippen LogP contribution in [0.25, 0.3) is 0 Å². The highest BCUT2D eigenvalue weighted by molar-refractivity contribution is 6.45. The molecule has 0 spiro atoms. The first-order chi connectivity index (χ1) is 5.95. The Balaban J connectivity index is 0.00000169. The Labute approximate surface area is 111 Å². The van der Waals surface area contributed by atoms with Crippen LogP contribution in [0.5, 0.6) is 5.75 Å². The molecule has 0 aliphatic carbocycles. The lowest BCUT2D eigenvalue weighted by molar-refractivity contribution is 0.0694. The molecule has 0 amide bonds. The van der Waals surface area contributed by atoms with Crippen molar-refractivity contribution in [1.29, 1.82) is 0 Å². The molecule has 0 atom stereocenters. The maximum Gasteiger partial charge on any atom is 0.341 e. The Morgan fingerprint density at radius 1 is 1.21 bits per heavy atom. The van der Waals surface area contributed by atoms with E-state index in [4.69, 9.17) is 39.9 Å². The summed E-state index contributed by atoms with van der Waals surface area (Å²) in [4.78, 5) is 10.6. The Morgan fingerprint density at radius 2 is 1.71 bits per heavy atom. The largest absolute Gasteiger partial charge is 0.505 e. The van der Waals surface area contributed by atoms with Gasteiger partial charge in [-0.05, 0) is 6.07 Å². The van der Waals surface area contributed by atoms with E-state index in [0.29, 0.717) is 0 Å². The number of halogens is 3. The third-order valence-electron chi connectivity index (χ3n) is 1.36. The standard InChI is InChI=1S/C7H3Cl3O3.Mg.2H/c8-2-1-3(9)6(11)4(5(2)10)7(12)13;;;/h1,11H,(H,12,13);;;. The fourth-order valence-electron chi connectivity index (χ4n) is 0.781. The highest BCUT2D eigenvalue weighted by Crippen LogP contribution is 2.38. The number of phenols is 1. The number of benzene rings is 1. The van der Waals surface area contributed by atoms with E-state index < -0.39 is 17.3 Å². The zero-order valence-corrected chi connectivity index (χ0v) is 8.28. The molecule has 0 unspecified atom stereocenters. The number of carbonyl (C=O) groups is 1. The molecule has 0 bridgehead atoms. The molecule has 1 rings (SSSR count). The first-order valence-electron chi connectivity index (χ1n) is 3.05. The van der Waals surface area contributed by atoms with Crippen molar-refractivity contribution in [2.45, 2.75) is 0 Å². The van der Waals surface area contributed by atoms with Gasteiger partial charge in [-0.1, -0.05) is 34.8 Å². The summed E-state index contributed by atoms with van der Waals surface area (Å²) in [7, 11) is 0. The molecule has 0 radical (unpaired) electrons. The predicted molar refractivity (Wildman–Crippen MR) is 58.6 cm³/mol. The molecule has 3 nitrogen and oxygen atoms in total. The van der Waals surface area contributed by atoms with E-state index in [2.05, 4.69) is 0 Å². The number of hydrogen-bond acceptors (Lipinski definition) is 2. The maximum absolute atomic E-state index is 10.6. The smallest absolute Gasteiger partial charge is 0.341 e. The third kappa shape index (κ3) is 2.58. The van der Waals surface area contributed by atoms with Crippen molar-refractivity contribution in [3.63, 3.8) is 0 Å². The second kappa shape index (κ2) is 5.28. The van der Waals surface area contributed by atoms with Gasteiger partial charge in [-0.3, -0.25) is 0 Å². The molecule has 74 valence electrons. The first-order valence-corrected chi connectivity index (χ1v) is 4.18. The molecule has 0 aliphatic rings. The molecule has 0 saturated heterocycles. The first kappa shape index (κ1) is 14.1. The quantitative estimate of drug-likeness (QED) is 0.605. The summed E-state index contributed by atoms with van der Waals surface area (Å²) in [5.74, 6) is -1.96. The molecular weight excluding hydrogens is 263 g/mol. The van der Waals surface area contributed by atoms with Crippen LogP contribution < -0.4 is 0 Å². The molecule has 0 fully saturated rings. The van der Waals surface area contributed by atoms with E-state index in [1.54, 1.807) is 0 Å². The SMILES string of the molecule is O=C(O)c1c(O)c(Cl)cc(Cl)c1Cl.[MgH2]. The zero-order chi connectivity index (χ0) is 10.2. The van der Waals surface area contributed by atoms with Crippen molar-refractivity contribution in [3.05, 3.63) is 26.7 Å². The van der Waals surface area contributed by atoms with E-state index in [1.165, 1.54) is 6.07 Å². The van der Waals surface area contributed by atoms with Gasteiger partial charge in [-0.15, -0.1) is 0 Å². The molecule has 14 heavy (non-hydrogen) atoms. The van der Waals surface area contributed by atoms with E-state index in [0.717, 1.165) is 0 Å². The van der Waals surface area contributed by atoms with Gasteiger partial charge < -0.3 is 10.2 Å². The van der Waals surface area contributed by atoms with Crippen LogP contribution in [0.15, 0.2) is 6.07 Å². The molecule has 2 N–H and O–H groups in total. The van der Waals surface area contributed by atoms with Crippen LogP contribution in [0.4, 0.5) is 0 Å². The van der Waals surface area contributed by atoms with E-state index in [9.17, 15) is 9.90 Å². The molecule has 0 aromatic heterocycles. The van der Waals surface area contributed by atoms with Crippen LogP contribution >= 0.6 is 34.8 Å². The lowest BCUT2D eigenvalue weighted by atomic mass is 10.2. The van der Waals surface area contributed by atoms with Gasteiger partial charge in [0.1, 0.15) is 11.3 Å². The van der Waals surface area contributed by atoms with Crippen LogP contribution in [0, 0.1) is 0 Å². The van der Waals surface area contributed by atoms with Crippen molar-refractivity contribution in [1.82, 2.24) is 0 Å². The highest BCUT2D eigenvalue weighted by atomic mass is 35.5. The fraction of sp³-hybridized carbons (Fsp3) is 0. The minimum absolute atomic E-state index is 0. The Hall–Kier alpha value is 0.126. The predicted octanol–water partition coefficient (Wildman–Crippen LogP) is 2.13. The normalized spacial score (nSPS) is 9.36. The summed E-state index contributed by atoms with van der Waals surface area (Å²) in [6.07, 6.45) is 0. The number of aromatic hydroxyl groups is 1. The third-order valence-corrected chi connectivity index (χ3v) is 2.44. The van der Waals surface area contributed by atoms with Crippen molar-refractivity contribution < 1.29 is 15.0 Å². The lowest BCUT2D eigenvalue weighted by Gasteiger charge is -2.05. The van der Waals surface area contributed by atoms with Gasteiger partial charge in [0.2, 0.25) is 0 Å². The monoisotopic (exact) mass is 266 g/mol. The molecule has 0 heterocycles. The molecule has 1 aromatic rings. The van der Waals surface area contributed by atoms with Crippen LogP contribution in [0.2, 0.25) is 15.1 Å². The minimum Gasteiger partial charge on any atom is -0.505 e. The summed E-state index contributed by atoms with van der Waals surface area (Å²) < 4.78 is 0.